The predicted octanol–water partition coefficient (Wildman–Crippen LogP) is 4.27. The summed E-state index contributed by atoms with van der Waals surface area (Å²) in [6, 6.07) is 4.98. The van der Waals surface area contributed by atoms with Gasteiger partial charge in [-0.15, -0.1) is 0 Å². The Bertz CT molecular complexity index is 684. The summed E-state index contributed by atoms with van der Waals surface area (Å²) in [5.74, 6) is 0.195. The molecule has 2 aromatic rings. The third-order valence-corrected chi connectivity index (χ3v) is 4.14. The van der Waals surface area contributed by atoms with Gasteiger partial charge in [-0.2, -0.15) is 0 Å². The summed E-state index contributed by atoms with van der Waals surface area (Å²) >= 11 is 12.9. The Morgan fingerprint density at radius 2 is 2.10 bits per heavy atom. The molecule has 0 fully saturated rings. The Morgan fingerprint density at radius 3 is 2.71 bits per heavy atom. The summed E-state index contributed by atoms with van der Waals surface area (Å²) in [4.78, 5) is 19.3. The molecule has 6 nitrogen and oxygen atoms in total. The van der Waals surface area contributed by atoms with Crippen molar-refractivity contribution in [1.82, 2.24) is 9.97 Å². The summed E-state index contributed by atoms with van der Waals surface area (Å²) < 4.78 is 0. The van der Waals surface area contributed by atoms with Gasteiger partial charge in [0.15, 0.2) is 5.03 Å². The van der Waals surface area contributed by atoms with E-state index in [0.717, 1.165) is 11.8 Å². The van der Waals surface area contributed by atoms with Gasteiger partial charge < -0.3 is 5.32 Å². The second-order valence-corrected chi connectivity index (χ2v) is 5.72. The molecule has 0 bridgehead atoms. The quantitative estimate of drug-likeness (QED) is 0.495. The molecule has 110 valence electrons. The fraction of sp³-hybridized carbons (Fsp3) is 0.167. The lowest BCUT2D eigenvalue weighted by Crippen LogP contribution is -2.05. The smallest absolute Gasteiger partial charge is 0.343 e. The number of halogens is 2. The zero-order valence-corrected chi connectivity index (χ0v) is 13.2. The lowest BCUT2D eigenvalue weighted by Gasteiger charge is -2.07. The molecule has 0 unspecified atom stereocenters. The maximum atomic E-state index is 11.3. The number of nitrogens with one attached hydrogen (secondary N) is 1. The van der Waals surface area contributed by atoms with Crippen LogP contribution in [0, 0.1) is 10.1 Å². The number of hydrogen-bond donors (Lipinski definition) is 1. The fourth-order valence-electron chi connectivity index (χ4n) is 1.55. The molecule has 0 spiro atoms. The van der Waals surface area contributed by atoms with Crippen LogP contribution in [0.4, 0.5) is 11.5 Å². The van der Waals surface area contributed by atoms with Crippen molar-refractivity contribution >= 4 is 46.5 Å². The minimum Gasteiger partial charge on any atom is -0.364 e. The van der Waals surface area contributed by atoms with Crippen LogP contribution < -0.4 is 5.32 Å². The van der Waals surface area contributed by atoms with Crippen molar-refractivity contribution in [1.29, 1.82) is 0 Å². The van der Waals surface area contributed by atoms with E-state index in [1.165, 1.54) is 6.33 Å². The molecule has 1 heterocycles. The van der Waals surface area contributed by atoms with Crippen LogP contribution in [0.1, 0.15) is 6.92 Å². The average Bonchev–Trinajstić information content (AvgIpc) is 2.43. The minimum atomic E-state index is -0.502. The maximum Gasteiger partial charge on any atom is 0.343 e. The van der Waals surface area contributed by atoms with Crippen molar-refractivity contribution in [2.24, 2.45) is 0 Å². The molecule has 0 saturated carbocycles. The van der Waals surface area contributed by atoms with E-state index in [4.69, 9.17) is 23.2 Å². The first kappa shape index (κ1) is 15.8. The van der Waals surface area contributed by atoms with Crippen molar-refractivity contribution in [2.75, 3.05) is 11.9 Å². The second-order valence-electron chi connectivity index (χ2n) is 3.84. The van der Waals surface area contributed by atoms with E-state index < -0.39 is 4.92 Å². The van der Waals surface area contributed by atoms with Crippen molar-refractivity contribution in [3.05, 3.63) is 44.7 Å². The van der Waals surface area contributed by atoms with E-state index in [1.807, 2.05) is 6.92 Å². The van der Waals surface area contributed by atoms with E-state index in [9.17, 15) is 10.1 Å². The average molecular weight is 345 g/mol. The molecule has 0 saturated heterocycles. The molecule has 21 heavy (non-hydrogen) atoms. The lowest BCUT2D eigenvalue weighted by atomic mass is 10.4. The predicted molar refractivity (Wildman–Crippen MR) is 83.4 cm³/mol. The van der Waals surface area contributed by atoms with Crippen LogP contribution in [-0.2, 0) is 0 Å². The number of benzene rings is 1. The molecule has 0 aliphatic heterocycles. The molecule has 0 amide bonds. The Hall–Kier alpha value is -1.57. The highest BCUT2D eigenvalue weighted by atomic mass is 35.5. The highest BCUT2D eigenvalue weighted by Gasteiger charge is 2.23. The van der Waals surface area contributed by atoms with Gasteiger partial charge in [0.25, 0.3) is 0 Å². The summed E-state index contributed by atoms with van der Waals surface area (Å²) in [7, 11) is 0. The molecule has 1 aromatic heterocycles. The lowest BCUT2D eigenvalue weighted by molar-refractivity contribution is -0.387. The Morgan fingerprint density at radius 1 is 1.33 bits per heavy atom. The van der Waals surface area contributed by atoms with Gasteiger partial charge in [-0.1, -0.05) is 35.0 Å². The number of hydrogen-bond acceptors (Lipinski definition) is 6. The van der Waals surface area contributed by atoms with Crippen molar-refractivity contribution in [2.45, 2.75) is 16.8 Å². The highest BCUT2D eigenvalue weighted by Crippen LogP contribution is 2.38. The zero-order chi connectivity index (χ0) is 15.4. The Labute approximate surface area is 135 Å². The molecule has 0 aliphatic rings. The van der Waals surface area contributed by atoms with Gasteiger partial charge >= 0.3 is 5.69 Å². The first-order valence-electron chi connectivity index (χ1n) is 5.89. The Kier molecular flexibility index (Phi) is 5.22. The number of nitro groups is 1. The maximum absolute atomic E-state index is 11.3. The van der Waals surface area contributed by atoms with E-state index in [-0.39, 0.29) is 16.5 Å². The molecule has 1 aromatic carbocycles. The van der Waals surface area contributed by atoms with Gasteiger partial charge in [0.1, 0.15) is 6.33 Å². The number of aromatic nitrogens is 2. The summed E-state index contributed by atoms with van der Waals surface area (Å²) in [5.41, 5.74) is -0.157. The summed E-state index contributed by atoms with van der Waals surface area (Å²) in [5, 5.41) is 15.1. The minimum absolute atomic E-state index is 0.157. The second kappa shape index (κ2) is 6.93. The van der Waals surface area contributed by atoms with E-state index in [0.29, 0.717) is 21.5 Å². The fourth-order valence-corrected chi connectivity index (χ4v) is 2.82. The third-order valence-electron chi connectivity index (χ3n) is 2.42. The van der Waals surface area contributed by atoms with Crippen LogP contribution in [0.5, 0.6) is 0 Å². The topological polar surface area (TPSA) is 81.0 Å². The van der Waals surface area contributed by atoms with Crippen LogP contribution >= 0.6 is 35.0 Å². The van der Waals surface area contributed by atoms with E-state index in [2.05, 4.69) is 15.3 Å². The van der Waals surface area contributed by atoms with E-state index in [1.54, 1.807) is 18.2 Å². The van der Waals surface area contributed by atoms with Crippen LogP contribution in [0.3, 0.4) is 0 Å². The molecular weight excluding hydrogens is 335 g/mol. The first-order chi connectivity index (χ1) is 10.0. The van der Waals surface area contributed by atoms with Crippen LogP contribution in [0.15, 0.2) is 34.4 Å². The monoisotopic (exact) mass is 344 g/mol. The molecular formula is C12H10Cl2N4O2S. The van der Waals surface area contributed by atoms with Crippen molar-refractivity contribution in [3.8, 4) is 0 Å². The number of nitrogens with zero attached hydrogens (tertiary/aromatic N) is 3. The molecule has 0 aliphatic carbocycles. The van der Waals surface area contributed by atoms with E-state index >= 15 is 0 Å². The standard InChI is InChI=1S/C12H10Cl2N4O2S/c1-2-15-11-10(18(19)20)12(17-6-16-11)21-7-3-4-8(13)9(14)5-7/h3-6H,2H2,1H3,(H,15,16,17). The van der Waals surface area contributed by atoms with Gasteiger partial charge in [-0.25, -0.2) is 9.97 Å². The summed E-state index contributed by atoms with van der Waals surface area (Å²) in [6.45, 7) is 2.35. The zero-order valence-electron chi connectivity index (χ0n) is 10.8. The first-order valence-corrected chi connectivity index (χ1v) is 7.46. The number of rotatable bonds is 5. The highest BCUT2D eigenvalue weighted by molar-refractivity contribution is 7.99. The third kappa shape index (κ3) is 3.75. The van der Waals surface area contributed by atoms with Crippen molar-refractivity contribution in [3.63, 3.8) is 0 Å². The van der Waals surface area contributed by atoms with Crippen LogP contribution in [0.25, 0.3) is 0 Å². The van der Waals surface area contributed by atoms with Crippen LogP contribution in [-0.4, -0.2) is 21.4 Å². The van der Waals surface area contributed by atoms with Gasteiger partial charge in [0.2, 0.25) is 5.82 Å². The largest absolute Gasteiger partial charge is 0.364 e. The Balaban J connectivity index is 2.41. The van der Waals surface area contributed by atoms with Gasteiger partial charge in [0, 0.05) is 11.4 Å². The van der Waals surface area contributed by atoms with Crippen molar-refractivity contribution < 1.29 is 4.92 Å². The summed E-state index contributed by atoms with van der Waals surface area (Å²) in [6.07, 6.45) is 1.28. The normalized spacial score (nSPS) is 10.4. The molecule has 1 N–H and O–H groups in total. The number of anilines is 1. The molecule has 0 atom stereocenters. The molecule has 0 radical (unpaired) electrons. The molecule has 9 heteroatoms. The van der Waals surface area contributed by atoms with Crippen LogP contribution in [0.2, 0.25) is 10.0 Å². The van der Waals surface area contributed by atoms with Gasteiger partial charge in [0.05, 0.1) is 15.0 Å². The molecule has 2 rings (SSSR count). The SMILES string of the molecule is CCNc1ncnc(Sc2ccc(Cl)c(Cl)c2)c1[N+](=O)[O-]. The van der Waals surface area contributed by atoms with Gasteiger partial charge in [-0.3, -0.25) is 10.1 Å². The van der Waals surface area contributed by atoms with Gasteiger partial charge in [-0.05, 0) is 25.1 Å².